The summed E-state index contributed by atoms with van der Waals surface area (Å²) >= 11 is 6.46. The van der Waals surface area contributed by atoms with Gasteiger partial charge < -0.3 is 25.4 Å². The van der Waals surface area contributed by atoms with E-state index in [9.17, 15) is 14.4 Å². The number of ether oxygens (including phenoxy) is 1. The third-order valence-corrected chi connectivity index (χ3v) is 9.75. The molecule has 5 rings (SSSR count). The Kier molecular flexibility index (Phi) is 8.46. The maximum absolute atomic E-state index is 14.3. The summed E-state index contributed by atoms with van der Waals surface area (Å²) in [6, 6.07) is 14.2. The van der Waals surface area contributed by atoms with Crippen molar-refractivity contribution in [2.45, 2.75) is 76.7 Å². The summed E-state index contributed by atoms with van der Waals surface area (Å²) in [4.78, 5) is 43.9. The smallest absolute Gasteiger partial charge is 0.250 e. The van der Waals surface area contributed by atoms with Crippen molar-refractivity contribution in [1.82, 2.24) is 10.2 Å². The molecule has 8 nitrogen and oxygen atoms in total. The summed E-state index contributed by atoms with van der Waals surface area (Å²) in [6.07, 6.45) is 3.53. The molecule has 3 aliphatic rings. The molecule has 41 heavy (non-hydrogen) atoms. The Hall–Kier alpha value is -2.94. The van der Waals surface area contributed by atoms with E-state index in [2.05, 4.69) is 10.6 Å². The first-order chi connectivity index (χ1) is 19.6. The number of benzene rings is 2. The van der Waals surface area contributed by atoms with Crippen LogP contribution in [0.5, 0.6) is 0 Å². The number of hydrogen-bond donors (Lipinski definition) is 3. The lowest BCUT2D eigenvalue weighted by atomic mass is 9.62. The van der Waals surface area contributed by atoms with Gasteiger partial charge in [-0.15, -0.1) is 0 Å². The van der Waals surface area contributed by atoms with Crippen LogP contribution >= 0.6 is 11.6 Å². The van der Waals surface area contributed by atoms with Gasteiger partial charge in [-0.25, -0.2) is 0 Å². The predicted molar refractivity (Wildman–Crippen MR) is 157 cm³/mol. The van der Waals surface area contributed by atoms with Crippen LogP contribution in [0.4, 0.5) is 5.69 Å². The van der Waals surface area contributed by atoms with Crippen molar-refractivity contribution in [2.75, 3.05) is 18.5 Å². The van der Waals surface area contributed by atoms with Crippen molar-refractivity contribution >= 4 is 35.0 Å². The average molecular weight is 582 g/mol. The van der Waals surface area contributed by atoms with E-state index in [0.29, 0.717) is 43.1 Å². The molecule has 3 fully saturated rings. The number of aliphatic hydroxyl groups excluding tert-OH is 1. The minimum absolute atomic E-state index is 0.0409. The molecule has 0 saturated carbocycles. The number of para-hydroxylation sites is 1. The molecule has 0 aromatic heterocycles. The fraction of sp³-hybridized carbons (Fsp3) is 0.531. The van der Waals surface area contributed by atoms with E-state index in [4.69, 9.17) is 21.4 Å². The molecule has 9 heteroatoms. The van der Waals surface area contributed by atoms with Crippen LogP contribution in [0.15, 0.2) is 48.5 Å². The zero-order valence-corrected chi connectivity index (χ0v) is 24.7. The van der Waals surface area contributed by atoms with Crippen LogP contribution in [0.25, 0.3) is 0 Å². The summed E-state index contributed by atoms with van der Waals surface area (Å²) in [7, 11) is 0. The average Bonchev–Trinajstić information content (AvgIpc) is 3.46. The van der Waals surface area contributed by atoms with Crippen molar-refractivity contribution in [3.05, 3.63) is 64.7 Å². The van der Waals surface area contributed by atoms with E-state index in [1.165, 1.54) is 0 Å². The molecule has 6 atom stereocenters. The molecule has 3 saturated heterocycles. The van der Waals surface area contributed by atoms with Gasteiger partial charge in [-0.3, -0.25) is 14.4 Å². The number of carbonyl (C=O) groups excluding carboxylic acids is 3. The molecule has 2 bridgehead atoms. The lowest BCUT2D eigenvalue weighted by molar-refractivity contribution is -0.146. The van der Waals surface area contributed by atoms with E-state index >= 15 is 0 Å². The van der Waals surface area contributed by atoms with Crippen LogP contribution in [-0.2, 0) is 25.7 Å². The van der Waals surface area contributed by atoms with Crippen molar-refractivity contribution in [3.8, 4) is 0 Å². The fourth-order valence-electron chi connectivity index (χ4n) is 7.30. The first kappa shape index (κ1) is 29.5. The van der Waals surface area contributed by atoms with E-state index < -0.39 is 29.1 Å². The highest BCUT2D eigenvalue weighted by Gasteiger charge is 2.79. The summed E-state index contributed by atoms with van der Waals surface area (Å²) in [6.45, 7) is 6.66. The number of aliphatic hydroxyl groups is 1. The van der Waals surface area contributed by atoms with Gasteiger partial charge in [0.15, 0.2) is 0 Å². The van der Waals surface area contributed by atoms with Gasteiger partial charge in [0.2, 0.25) is 17.7 Å². The molecule has 3 heterocycles. The molecule has 3 amide bonds. The van der Waals surface area contributed by atoms with Gasteiger partial charge in [0, 0.05) is 19.7 Å². The fourth-order valence-corrected chi connectivity index (χ4v) is 7.57. The molecule has 0 radical (unpaired) electrons. The third kappa shape index (κ3) is 5.15. The number of likely N-dealkylation sites (tertiary alicyclic amines) is 1. The number of rotatable bonds is 11. The van der Waals surface area contributed by atoms with Crippen molar-refractivity contribution < 1.29 is 24.2 Å². The quantitative estimate of drug-likeness (QED) is 0.340. The minimum Gasteiger partial charge on any atom is -0.396 e. The highest BCUT2D eigenvalue weighted by atomic mass is 35.5. The Morgan fingerprint density at radius 1 is 1.07 bits per heavy atom. The van der Waals surface area contributed by atoms with Gasteiger partial charge in [-0.1, -0.05) is 73.8 Å². The summed E-state index contributed by atoms with van der Waals surface area (Å²) in [5.74, 6) is -2.32. The highest BCUT2D eigenvalue weighted by Crippen LogP contribution is 2.65. The van der Waals surface area contributed by atoms with Gasteiger partial charge in [0.1, 0.15) is 11.6 Å². The molecule has 1 spiro atoms. The Morgan fingerprint density at radius 3 is 2.51 bits per heavy atom. The number of anilines is 1. The summed E-state index contributed by atoms with van der Waals surface area (Å²) in [5.41, 5.74) is 0.290. The van der Waals surface area contributed by atoms with E-state index in [1.54, 1.807) is 11.0 Å². The number of nitrogens with zero attached hydrogens (tertiary/aromatic N) is 1. The van der Waals surface area contributed by atoms with Crippen LogP contribution in [0.1, 0.15) is 57.1 Å². The van der Waals surface area contributed by atoms with E-state index in [-0.39, 0.29) is 30.2 Å². The molecule has 2 aromatic rings. The summed E-state index contributed by atoms with van der Waals surface area (Å²) in [5, 5.41) is 15.6. The number of halogens is 1. The number of hydrogen-bond acceptors (Lipinski definition) is 5. The predicted octanol–water partition coefficient (Wildman–Crippen LogP) is 4.47. The number of amides is 3. The first-order valence-corrected chi connectivity index (χ1v) is 15.0. The molecular formula is C32H40ClN3O5. The van der Waals surface area contributed by atoms with Gasteiger partial charge in [0.25, 0.3) is 0 Å². The number of unbranched alkanes of at least 4 members (excludes halogenated alkanes) is 3. The second-order valence-electron chi connectivity index (χ2n) is 12.0. The third-order valence-electron chi connectivity index (χ3n) is 9.43. The standard InChI is InChI=1S/C32H40ClN3O5/c1-20-12-11-15-23(33)26(20)35-29(39)27-32-18-21(2)31(3,41-32)24(28(38)34-19-22-13-7-6-8-14-22)25(32)30(40)36(27)16-9-4-5-10-17-37/h6-8,11-15,21,24-25,27,37H,4-5,9-10,16-19H2,1-3H3,(H,34,38)(H,35,39)/t21?,24-,25+,27?,31+,32?/m1/s1. The van der Waals surface area contributed by atoms with Gasteiger partial charge in [0.05, 0.1) is 28.1 Å². The normalized spacial score (nSPS) is 30.0. The summed E-state index contributed by atoms with van der Waals surface area (Å²) < 4.78 is 6.80. The molecule has 3 aliphatic heterocycles. The topological polar surface area (TPSA) is 108 Å². The molecule has 220 valence electrons. The Morgan fingerprint density at radius 2 is 1.80 bits per heavy atom. The van der Waals surface area contributed by atoms with Crippen molar-refractivity contribution in [2.24, 2.45) is 17.8 Å². The first-order valence-electron chi connectivity index (χ1n) is 14.6. The van der Waals surface area contributed by atoms with Crippen LogP contribution in [-0.4, -0.2) is 58.1 Å². The second-order valence-corrected chi connectivity index (χ2v) is 12.4. The monoisotopic (exact) mass is 581 g/mol. The molecular weight excluding hydrogens is 542 g/mol. The van der Waals surface area contributed by atoms with Crippen LogP contribution in [0.2, 0.25) is 5.02 Å². The Bertz CT molecular complexity index is 1290. The number of carbonyl (C=O) groups is 3. The Labute approximate surface area is 246 Å². The molecule has 3 N–H and O–H groups in total. The largest absolute Gasteiger partial charge is 0.396 e. The maximum atomic E-state index is 14.3. The lowest BCUT2D eigenvalue weighted by Gasteiger charge is -2.36. The SMILES string of the molecule is Cc1cccc(Cl)c1NC(=O)C1N(CCCCCCO)C(=O)[C@@H]2[C@H](C(=O)NCc3ccccc3)[C@@]3(C)OC12CC3C. The van der Waals surface area contributed by atoms with Gasteiger partial charge in [-0.05, 0) is 56.2 Å². The minimum atomic E-state index is -1.12. The number of aryl methyl sites for hydroxylation is 1. The molecule has 2 aromatic carbocycles. The zero-order valence-electron chi connectivity index (χ0n) is 24.0. The van der Waals surface area contributed by atoms with E-state index in [0.717, 1.165) is 24.0 Å². The molecule has 0 aliphatic carbocycles. The van der Waals surface area contributed by atoms with Gasteiger partial charge >= 0.3 is 0 Å². The van der Waals surface area contributed by atoms with Crippen LogP contribution in [0, 0.1) is 24.7 Å². The lowest BCUT2D eigenvalue weighted by Crippen LogP contribution is -2.54. The second kappa shape index (κ2) is 11.7. The molecule has 3 unspecified atom stereocenters. The van der Waals surface area contributed by atoms with Crippen LogP contribution in [0.3, 0.4) is 0 Å². The Balaban J connectivity index is 1.47. The maximum Gasteiger partial charge on any atom is 0.250 e. The van der Waals surface area contributed by atoms with Crippen molar-refractivity contribution in [3.63, 3.8) is 0 Å². The van der Waals surface area contributed by atoms with Crippen LogP contribution < -0.4 is 10.6 Å². The van der Waals surface area contributed by atoms with Gasteiger partial charge in [-0.2, -0.15) is 0 Å². The highest BCUT2D eigenvalue weighted by molar-refractivity contribution is 6.34. The zero-order chi connectivity index (χ0) is 29.4. The van der Waals surface area contributed by atoms with E-state index in [1.807, 2.05) is 63.2 Å². The number of nitrogens with one attached hydrogen (secondary N) is 2. The van der Waals surface area contributed by atoms with Crippen molar-refractivity contribution in [1.29, 1.82) is 0 Å². The number of fused-ring (bicyclic) bond motifs is 1.